The molecule has 0 aliphatic heterocycles. The van der Waals surface area contributed by atoms with Crippen molar-refractivity contribution in [2.45, 2.75) is 52.7 Å². The van der Waals surface area contributed by atoms with Crippen LogP contribution in [0.15, 0.2) is 48.5 Å². The quantitative estimate of drug-likeness (QED) is 0.696. The third-order valence-corrected chi connectivity index (χ3v) is 4.47. The zero-order valence-corrected chi connectivity index (χ0v) is 17.4. The van der Waals surface area contributed by atoms with E-state index in [4.69, 9.17) is 4.74 Å². The van der Waals surface area contributed by atoms with E-state index in [-0.39, 0.29) is 36.8 Å². The van der Waals surface area contributed by atoms with Crippen LogP contribution in [-0.2, 0) is 16.1 Å². The summed E-state index contributed by atoms with van der Waals surface area (Å²) in [5.41, 5.74) is 1.84. The van der Waals surface area contributed by atoms with Gasteiger partial charge in [-0.05, 0) is 57.0 Å². The minimum atomic E-state index is -0.642. The van der Waals surface area contributed by atoms with Gasteiger partial charge < -0.3 is 15.0 Å². The molecular weight excluding hydrogens is 371 g/mol. The Morgan fingerprint density at radius 1 is 1.07 bits per heavy atom. The van der Waals surface area contributed by atoms with Gasteiger partial charge in [-0.1, -0.05) is 36.8 Å². The second kappa shape index (κ2) is 10.6. The van der Waals surface area contributed by atoms with E-state index >= 15 is 0 Å². The first-order valence-corrected chi connectivity index (χ1v) is 9.84. The summed E-state index contributed by atoms with van der Waals surface area (Å²) in [6, 6.07) is 12.6. The van der Waals surface area contributed by atoms with E-state index < -0.39 is 6.04 Å². The molecule has 0 aliphatic carbocycles. The number of ether oxygens (including phenoxy) is 1. The van der Waals surface area contributed by atoms with Crippen molar-refractivity contribution in [2.75, 3.05) is 6.61 Å². The van der Waals surface area contributed by atoms with Gasteiger partial charge in [0.15, 0.2) is 6.61 Å². The fourth-order valence-corrected chi connectivity index (χ4v) is 2.95. The highest BCUT2D eigenvalue weighted by molar-refractivity contribution is 5.88. The Morgan fingerprint density at radius 3 is 2.24 bits per heavy atom. The molecule has 0 spiro atoms. The molecule has 0 unspecified atom stereocenters. The van der Waals surface area contributed by atoms with Crippen molar-refractivity contribution in [3.05, 3.63) is 65.5 Å². The van der Waals surface area contributed by atoms with Gasteiger partial charge >= 0.3 is 0 Å². The Hall–Kier alpha value is -2.89. The molecule has 0 saturated heterocycles. The van der Waals surface area contributed by atoms with Gasteiger partial charge in [-0.3, -0.25) is 9.59 Å². The topological polar surface area (TPSA) is 58.6 Å². The van der Waals surface area contributed by atoms with Gasteiger partial charge in [0.2, 0.25) is 5.91 Å². The summed E-state index contributed by atoms with van der Waals surface area (Å²) in [4.78, 5) is 27.2. The predicted molar refractivity (Wildman–Crippen MR) is 111 cm³/mol. The summed E-state index contributed by atoms with van der Waals surface area (Å²) < 4.78 is 18.9. The number of amides is 2. The second-order valence-corrected chi connectivity index (χ2v) is 7.34. The van der Waals surface area contributed by atoms with Gasteiger partial charge in [-0.15, -0.1) is 0 Å². The van der Waals surface area contributed by atoms with Crippen LogP contribution in [0.1, 0.15) is 38.3 Å². The highest BCUT2D eigenvalue weighted by atomic mass is 19.1. The van der Waals surface area contributed by atoms with Crippen molar-refractivity contribution in [3.8, 4) is 5.75 Å². The number of rotatable bonds is 9. The van der Waals surface area contributed by atoms with E-state index in [0.717, 1.165) is 11.1 Å². The van der Waals surface area contributed by atoms with Crippen LogP contribution in [0.2, 0.25) is 0 Å². The molecule has 2 rings (SSSR count). The third-order valence-electron chi connectivity index (χ3n) is 4.47. The number of carbonyl (C=O) groups excluding carboxylic acids is 2. The van der Waals surface area contributed by atoms with Gasteiger partial charge in [0.1, 0.15) is 17.6 Å². The maximum absolute atomic E-state index is 13.3. The van der Waals surface area contributed by atoms with Crippen LogP contribution in [0.4, 0.5) is 4.39 Å². The molecule has 0 heterocycles. The average molecular weight is 400 g/mol. The number of benzene rings is 2. The molecule has 0 bridgehead atoms. The molecule has 29 heavy (non-hydrogen) atoms. The maximum Gasteiger partial charge on any atom is 0.261 e. The first kappa shape index (κ1) is 22.4. The Morgan fingerprint density at radius 2 is 1.69 bits per heavy atom. The molecule has 0 aliphatic rings. The van der Waals surface area contributed by atoms with Crippen LogP contribution in [0.3, 0.4) is 0 Å². The zero-order chi connectivity index (χ0) is 21.4. The number of hydrogen-bond donors (Lipinski definition) is 1. The number of carbonyl (C=O) groups is 2. The summed E-state index contributed by atoms with van der Waals surface area (Å²) >= 11 is 0. The second-order valence-electron chi connectivity index (χ2n) is 7.34. The first-order valence-electron chi connectivity index (χ1n) is 9.84. The number of halogens is 1. The fourth-order valence-electron chi connectivity index (χ4n) is 2.95. The summed E-state index contributed by atoms with van der Waals surface area (Å²) in [5.74, 6) is -0.279. The molecule has 2 aromatic carbocycles. The highest BCUT2D eigenvalue weighted by Crippen LogP contribution is 2.15. The van der Waals surface area contributed by atoms with Crippen LogP contribution < -0.4 is 10.1 Å². The van der Waals surface area contributed by atoms with Crippen LogP contribution >= 0.6 is 0 Å². The van der Waals surface area contributed by atoms with E-state index in [1.54, 1.807) is 24.3 Å². The molecule has 0 saturated carbocycles. The molecule has 2 aromatic rings. The minimum absolute atomic E-state index is 0.0388. The molecular formula is C23H29FN2O3. The van der Waals surface area contributed by atoms with Crippen molar-refractivity contribution in [2.24, 2.45) is 0 Å². The van der Waals surface area contributed by atoms with Crippen LogP contribution in [0.25, 0.3) is 0 Å². The average Bonchev–Trinajstić information content (AvgIpc) is 2.68. The Labute approximate surface area is 171 Å². The van der Waals surface area contributed by atoms with E-state index in [0.29, 0.717) is 12.2 Å². The monoisotopic (exact) mass is 400 g/mol. The minimum Gasteiger partial charge on any atom is -0.484 e. The molecule has 5 nitrogen and oxygen atoms in total. The first-order chi connectivity index (χ1) is 13.8. The zero-order valence-electron chi connectivity index (χ0n) is 17.4. The Balaban J connectivity index is 2.18. The summed E-state index contributed by atoms with van der Waals surface area (Å²) in [6.45, 7) is 7.58. The largest absolute Gasteiger partial charge is 0.484 e. The third kappa shape index (κ3) is 6.89. The Kier molecular flexibility index (Phi) is 8.19. The summed E-state index contributed by atoms with van der Waals surface area (Å²) in [6.07, 6.45) is 0.454. The predicted octanol–water partition coefficient (Wildman–Crippen LogP) is 3.84. The number of hydrogen-bond acceptors (Lipinski definition) is 3. The molecule has 0 fully saturated rings. The normalized spacial score (nSPS) is 11.8. The van der Waals surface area contributed by atoms with Crippen molar-refractivity contribution >= 4 is 11.8 Å². The standard InChI is InChI=1S/C23H29FN2O3/c1-5-21(23(28)25-16(2)3)26(14-18-8-10-19(24)11-9-18)22(27)15-29-20-12-6-17(4)7-13-20/h6-13,16,21H,5,14-15H2,1-4H3,(H,25,28)/t21-/m0/s1. The van der Waals surface area contributed by atoms with Gasteiger partial charge in [-0.2, -0.15) is 0 Å². The van der Waals surface area contributed by atoms with Gasteiger partial charge in [0.05, 0.1) is 0 Å². The van der Waals surface area contributed by atoms with Crippen LogP contribution in [0.5, 0.6) is 5.75 Å². The molecule has 1 N–H and O–H groups in total. The van der Waals surface area contributed by atoms with E-state index in [2.05, 4.69) is 5.32 Å². The lowest BCUT2D eigenvalue weighted by molar-refractivity contribution is -0.143. The smallest absolute Gasteiger partial charge is 0.261 e. The number of aryl methyl sites for hydroxylation is 1. The van der Waals surface area contributed by atoms with E-state index in [1.165, 1.54) is 17.0 Å². The van der Waals surface area contributed by atoms with Gasteiger partial charge in [0, 0.05) is 12.6 Å². The van der Waals surface area contributed by atoms with Crippen molar-refractivity contribution in [1.29, 1.82) is 0 Å². The van der Waals surface area contributed by atoms with E-state index in [1.807, 2.05) is 39.8 Å². The lowest BCUT2D eigenvalue weighted by Gasteiger charge is -2.31. The molecule has 156 valence electrons. The van der Waals surface area contributed by atoms with E-state index in [9.17, 15) is 14.0 Å². The summed E-state index contributed by atoms with van der Waals surface area (Å²) in [5, 5.41) is 2.87. The van der Waals surface area contributed by atoms with Crippen molar-refractivity contribution in [1.82, 2.24) is 10.2 Å². The van der Waals surface area contributed by atoms with Crippen molar-refractivity contribution < 1.29 is 18.7 Å². The number of nitrogens with zero attached hydrogens (tertiary/aromatic N) is 1. The van der Waals surface area contributed by atoms with Gasteiger partial charge in [0.25, 0.3) is 5.91 Å². The number of nitrogens with one attached hydrogen (secondary N) is 1. The molecule has 0 radical (unpaired) electrons. The fraction of sp³-hybridized carbons (Fsp3) is 0.391. The summed E-state index contributed by atoms with van der Waals surface area (Å²) in [7, 11) is 0. The SMILES string of the molecule is CC[C@@H](C(=O)NC(C)C)N(Cc1ccc(F)cc1)C(=O)COc1ccc(C)cc1. The molecule has 6 heteroatoms. The van der Waals surface area contributed by atoms with Gasteiger partial charge in [-0.25, -0.2) is 4.39 Å². The highest BCUT2D eigenvalue weighted by Gasteiger charge is 2.29. The maximum atomic E-state index is 13.3. The lowest BCUT2D eigenvalue weighted by atomic mass is 10.1. The molecule has 0 aromatic heterocycles. The lowest BCUT2D eigenvalue weighted by Crippen LogP contribution is -2.51. The molecule has 1 atom stereocenters. The van der Waals surface area contributed by atoms with Crippen molar-refractivity contribution in [3.63, 3.8) is 0 Å². The van der Waals surface area contributed by atoms with Crippen LogP contribution in [-0.4, -0.2) is 35.4 Å². The van der Waals surface area contributed by atoms with Crippen LogP contribution in [0, 0.1) is 12.7 Å². The molecule has 2 amide bonds. The Bertz CT molecular complexity index is 804.